The van der Waals surface area contributed by atoms with Crippen LogP contribution in [0.25, 0.3) is 0 Å². The molecule has 3 nitrogen and oxygen atoms in total. The van der Waals surface area contributed by atoms with Crippen molar-refractivity contribution in [1.29, 1.82) is 0 Å². The fraction of sp³-hybridized carbons (Fsp3) is 0.615. The molecule has 1 aliphatic heterocycles. The molecule has 1 fully saturated rings. The maximum absolute atomic E-state index is 6.12. The van der Waals surface area contributed by atoms with Crippen molar-refractivity contribution in [3.63, 3.8) is 0 Å². The Morgan fingerprint density at radius 3 is 2.88 bits per heavy atom. The first-order valence-corrected chi connectivity index (χ1v) is 6.44. The largest absolute Gasteiger partial charge is 0.356 e. The summed E-state index contributed by atoms with van der Waals surface area (Å²) in [4.78, 5) is 6.78. The predicted molar refractivity (Wildman–Crippen MR) is 72.6 cm³/mol. The lowest BCUT2D eigenvalue weighted by Gasteiger charge is -2.21. The molecule has 0 spiro atoms. The summed E-state index contributed by atoms with van der Waals surface area (Å²) in [6.45, 7) is 7.54. The average molecular weight is 254 g/mol. The SMILES string of the molecule is CNCc1cc(N2CCC(C)(C)C2)ncc1Cl. The van der Waals surface area contributed by atoms with Crippen LogP contribution < -0.4 is 10.2 Å². The molecule has 2 rings (SSSR count). The van der Waals surface area contributed by atoms with Crippen molar-refractivity contribution < 1.29 is 0 Å². The van der Waals surface area contributed by atoms with E-state index in [9.17, 15) is 0 Å². The van der Waals surface area contributed by atoms with Gasteiger partial charge in [-0.2, -0.15) is 0 Å². The molecule has 4 heteroatoms. The van der Waals surface area contributed by atoms with E-state index < -0.39 is 0 Å². The zero-order chi connectivity index (χ0) is 12.5. The van der Waals surface area contributed by atoms with Crippen LogP contribution in [0.1, 0.15) is 25.8 Å². The number of aromatic nitrogens is 1. The van der Waals surface area contributed by atoms with Crippen LogP contribution in [0.5, 0.6) is 0 Å². The van der Waals surface area contributed by atoms with Crippen molar-refractivity contribution in [2.45, 2.75) is 26.8 Å². The van der Waals surface area contributed by atoms with E-state index in [1.54, 1.807) is 6.20 Å². The Hall–Kier alpha value is -0.800. The first kappa shape index (κ1) is 12.7. The van der Waals surface area contributed by atoms with E-state index in [-0.39, 0.29) is 0 Å². The van der Waals surface area contributed by atoms with Gasteiger partial charge < -0.3 is 10.2 Å². The van der Waals surface area contributed by atoms with Crippen molar-refractivity contribution in [2.75, 3.05) is 25.0 Å². The minimum atomic E-state index is 0.393. The summed E-state index contributed by atoms with van der Waals surface area (Å²) >= 11 is 6.12. The van der Waals surface area contributed by atoms with E-state index in [4.69, 9.17) is 11.6 Å². The molecule has 1 N–H and O–H groups in total. The second-order valence-electron chi connectivity index (χ2n) is 5.50. The second-order valence-corrected chi connectivity index (χ2v) is 5.91. The third-order valence-corrected chi connectivity index (χ3v) is 3.63. The summed E-state index contributed by atoms with van der Waals surface area (Å²) in [5, 5.41) is 3.87. The van der Waals surface area contributed by atoms with Gasteiger partial charge in [0, 0.05) is 25.8 Å². The molecule has 0 atom stereocenters. The highest BCUT2D eigenvalue weighted by Crippen LogP contribution is 2.32. The molecular formula is C13H20ClN3. The molecule has 0 aromatic carbocycles. The fourth-order valence-electron chi connectivity index (χ4n) is 2.27. The van der Waals surface area contributed by atoms with Gasteiger partial charge in [-0.15, -0.1) is 0 Å². The summed E-state index contributed by atoms with van der Waals surface area (Å²) in [6.07, 6.45) is 2.98. The molecule has 2 heterocycles. The van der Waals surface area contributed by atoms with E-state index in [1.165, 1.54) is 6.42 Å². The van der Waals surface area contributed by atoms with E-state index in [2.05, 4.69) is 35.1 Å². The highest BCUT2D eigenvalue weighted by Gasteiger charge is 2.29. The Morgan fingerprint density at radius 2 is 2.29 bits per heavy atom. The Bertz CT molecular complexity index is 404. The summed E-state index contributed by atoms with van der Waals surface area (Å²) < 4.78 is 0. The van der Waals surface area contributed by atoms with Crippen LogP contribution >= 0.6 is 11.6 Å². The first-order chi connectivity index (χ1) is 8.02. The lowest BCUT2D eigenvalue weighted by molar-refractivity contribution is 0.418. The third-order valence-electron chi connectivity index (χ3n) is 3.29. The quantitative estimate of drug-likeness (QED) is 0.898. The van der Waals surface area contributed by atoms with Crippen molar-refractivity contribution in [3.05, 3.63) is 22.8 Å². The highest BCUT2D eigenvalue weighted by molar-refractivity contribution is 6.31. The molecule has 1 saturated heterocycles. The maximum atomic E-state index is 6.12. The number of pyridine rings is 1. The Kier molecular flexibility index (Phi) is 3.59. The summed E-state index contributed by atoms with van der Waals surface area (Å²) in [6, 6.07) is 2.10. The minimum Gasteiger partial charge on any atom is -0.356 e. The zero-order valence-electron chi connectivity index (χ0n) is 10.8. The van der Waals surface area contributed by atoms with Gasteiger partial charge in [0.1, 0.15) is 5.82 Å². The lowest BCUT2D eigenvalue weighted by Crippen LogP contribution is -2.23. The molecule has 17 heavy (non-hydrogen) atoms. The predicted octanol–water partition coefficient (Wildman–Crippen LogP) is 2.69. The van der Waals surface area contributed by atoms with Gasteiger partial charge in [0.15, 0.2) is 0 Å². The second kappa shape index (κ2) is 4.83. The number of anilines is 1. The molecule has 0 amide bonds. The topological polar surface area (TPSA) is 28.2 Å². The average Bonchev–Trinajstić information content (AvgIpc) is 2.62. The third kappa shape index (κ3) is 2.90. The van der Waals surface area contributed by atoms with Gasteiger partial charge in [-0.1, -0.05) is 25.4 Å². The fourth-order valence-corrected chi connectivity index (χ4v) is 2.44. The van der Waals surface area contributed by atoms with Gasteiger partial charge in [-0.3, -0.25) is 0 Å². The molecule has 1 aliphatic rings. The molecule has 0 unspecified atom stereocenters. The number of rotatable bonds is 3. The van der Waals surface area contributed by atoms with Crippen LogP contribution in [0.2, 0.25) is 5.02 Å². The Balaban J connectivity index is 2.19. The molecule has 0 radical (unpaired) electrons. The summed E-state index contributed by atoms with van der Waals surface area (Å²) in [5.41, 5.74) is 1.51. The van der Waals surface area contributed by atoms with Crippen LogP contribution in [-0.4, -0.2) is 25.1 Å². The van der Waals surface area contributed by atoms with Gasteiger partial charge >= 0.3 is 0 Å². The molecule has 1 aromatic rings. The van der Waals surface area contributed by atoms with Crippen LogP contribution in [0, 0.1) is 5.41 Å². The Labute approximate surface area is 108 Å². The zero-order valence-corrected chi connectivity index (χ0v) is 11.5. The Morgan fingerprint density at radius 1 is 1.53 bits per heavy atom. The van der Waals surface area contributed by atoms with Crippen molar-refractivity contribution in [1.82, 2.24) is 10.3 Å². The smallest absolute Gasteiger partial charge is 0.128 e. The van der Waals surface area contributed by atoms with Crippen molar-refractivity contribution in [3.8, 4) is 0 Å². The minimum absolute atomic E-state index is 0.393. The molecule has 1 aromatic heterocycles. The van der Waals surface area contributed by atoms with Gasteiger partial charge in [0.05, 0.1) is 5.02 Å². The summed E-state index contributed by atoms with van der Waals surface area (Å²) in [7, 11) is 1.93. The standard InChI is InChI=1S/C13H20ClN3/c1-13(2)4-5-17(9-13)12-6-10(7-15-3)11(14)8-16-12/h6,8,15H,4-5,7,9H2,1-3H3. The number of hydrogen-bond acceptors (Lipinski definition) is 3. The van der Waals surface area contributed by atoms with E-state index in [1.807, 2.05) is 7.05 Å². The van der Waals surface area contributed by atoms with E-state index in [0.717, 1.165) is 36.0 Å². The van der Waals surface area contributed by atoms with Crippen LogP contribution in [0.15, 0.2) is 12.3 Å². The van der Waals surface area contributed by atoms with Crippen molar-refractivity contribution in [2.24, 2.45) is 5.41 Å². The molecule has 0 saturated carbocycles. The molecule has 0 bridgehead atoms. The number of halogens is 1. The number of nitrogens with one attached hydrogen (secondary N) is 1. The van der Waals surface area contributed by atoms with Gasteiger partial charge in [-0.25, -0.2) is 4.98 Å². The lowest BCUT2D eigenvalue weighted by atomic mass is 9.93. The van der Waals surface area contributed by atoms with Gasteiger partial charge in [0.25, 0.3) is 0 Å². The highest BCUT2D eigenvalue weighted by atomic mass is 35.5. The van der Waals surface area contributed by atoms with Crippen LogP contribution in [0.3, 0.4) is 0 Å². The van der Waals surface area contributed by atoms with E-state index in [0.29, 0.717) is 5.41 Å². The molecule has 94 valence electrons. The first-order valence-electron chi connectivity index (χ1n) is 6.06. The monoisotopic (exact) mass is 253 g/mol. The maximum Gasteiger partial charge on any atom is 0.128 e. The molecule has 0 aliphatic carbocycles. The van der Waals surface area contributed by atoms with Crippen molar-refractivity contribution >= 4 is 17.4 Å². The normalized spacial score (nSPS) is 18.7. The van der Waals surface area contributed by atoms with Crippen LogP contribution in [0.4, 0.5) is 5.82 Å². The summed E-state index contributed by atoms with van der Waals surface area (Å²) in [5.74, 6) is 1.05. The van der Waals surface area contributed by atoms with Gasteiger partial charge in [-0.05, 0) is 30.5 Å². The van der Waals surface area contributed by atoms with E-state index >= 15 is 0 Å². The van der Waals surface area contributed by atoms with Gasteiger partial charge in [0.2, 0.25) is 0 Å². The number of nitrogens with zero attached hydrogens (tertiary/aromatic N) is 2. The number of hydrogen-bond donors (Lipinski definition) is 1. The molecular weight excluding hydrogens is 234 g/mol. The van der Waals surface area contributed by atoms with Crippen LogP contribution in [-0.2, 0) is 6.54 Å².